The second kappa shape index (κ2) is 18.8. The molecule has 0 amide bonds. The third-order valence-electron chi connectivity index (χ3n) is 18.1. The summed E-state index contributed by atoms with van der Waals surface area (Å²) >= 11 is 0. The van der Waals surface area contributed by atoms with Gasteiger partial charge in [0.25, 0.3) is 0 Å². The summed E-state index contributed by atoms with van der Waals surface area (Å²) in [6, 6.07) is 69.6. The fraction of sp³-hybridized carbons (Fsp3) is 0.216. The number of rotatable bonds is 7. The molecule has 3 aliphatic rings. The van der Waals surface area contributed by atoms with Gasteiger partial charge in [-0.1, -0.05) is 250 Å². The van der Waals surface area contributed by atoms with Gasteiger partial charge < -0.3 is 9.47 Å². The highest BCUT2D eigenvalue weighted by molar-refractivity contribution is 7.17. The second-order valence-corrected chi connectivity index (χ2v) is 29.3. The SMILES string of the molecule is Cc1cc(C)c(B2c3cc(C(C)(C)C)ccc3N3c4ccc(C(C)(C)C)cc4B(c4c(C)cc(C)cc4C)c4cc(-n5c6ccccc6c6cccc([Si](C7=CCCC=C7)(c7ccccc7)c7ccccc7)c65)cc2c43)c(C)c1. The number of fused-ring (bicyclic) bond motifs is 7. The van der Waals surface area contributed by atoms with E-state index in [0.29, 0.717) is 0 Å². The third-order valence-corrected chi connectivity index (χ3v) is 23.0. The van der Waals surface area contributed by atoms with Crippen LogP contribution in [0.4, 0.5) is 17.1 Å². The molecule has 9 aromatic carbocycles. The molecule has 0 spiro atoms. The van der Waals surface area contributed by atoms with E-state index in [-0.39, 0.29) is 24.3 Å². The first-order valence-electron chi connectivity index (χ1n) is 28.9. The number of hydrogen-bond donors (Lipinski definition) is 0. The molecule has 0 fully saturated rings. The molecule has 3 heterocycles. The Morgan fingerprint density at radius 3 is 1.42 bits per heavy atom. The van der Waals surface area contributed by atoms with E-state index in [1.54, 1.807) is 0 Å². The largest absolute Gasteiger partial charge is 0.313 e. The maximum Gasteiger partial charge on any atom is 0.247 e. The molecule has 1 aromatic heterocycles. The van der Waals surface area contributed by atoms with Gasteiger partial charge in [0.05, 0.1) is 11.0 Å². The van der Waals surface area contributed by atoms with Crippen LogP contribution in [0.25, 0.3) is 27.5 Å². The molecule has 13 rings (SSSR count). The molecular formula is C74H72B2N2Si. The van der Waals surface area contributed by atoms with Crippen molar-refractivity contribution in [3.05, 3.63) is 244 Å². The van der Waals surface area contributed by atoms with E-state index in [1.807, 2.05) is 0 Å². The summed E-state index contributed by atoms with van der Waals surface area (Å²) in [4.78, 5) is 2.70. The number of aromatic nitrogens is 1. The minimum absolute atomic E-state index is 0.0497. The van der Waals surface area contributed by atoms with E-state index in [2.05, 4.69) is 287 Å². The minimum Gasteiger partial charge on any atom is -0.313 e. The first-order valence-corrected chi connectivity index (χ1v) is 30.9. The van der Waals surface area contributed by atoms with Crippen molar-refractivity contribution in [2.45, 2.75) is 107 Å². The maximum absolute atomic E-state index is 3.04. The first kappa shape index (κ1) is 50.9. The standard InChI is InChI=1S/C74H72B2N2Si/c1-47-39-49(3)69(50(4)40-47)75-61-43-53(73(7,8)9)35-37-66(61)78-67-38-36-54(74(10,11)12)44-62(67)76(70-51(5)41-48(2)42-52(70)6)64-46-55(45-63(75)72(64)78)77-65-33-23-22-31-59(65)60-32-24-34-68(71(60)77)79(56-25-16-13-17-26-56,57-27-18-14-19-28-57)58-29-20-15-21-30-58/h13-14,16-20,22-46H,15,21H2,1-12H3. The Kier molecular flexibility index (Phi) is 12.1. The number of allylic oxidation sites excluding steroid dienone is 4. The number of nitrogens with zero attached hydrogens (tertiary/aromatic N) is 2. The van der Waals surface area contributed by atoms with E-state index in [9.17, 15) is 0 Å². The van der Waals surface area contributed by atoms with Crippen LogP contribution >= 0.6 is 0 Å². The summed E-state index contributed by atoms with van der Waals surface area (Å²) in [6.45, 7) is 28.1. The van der Waals surface area contributed by atoms with Crippen molar-refractivity contribution in [1.29, 1.82) is 0 Å². The van der Waals surface area contributed by atoms with E-state index < -0.39 is 8.07 Å². The molecule has 0 saturated carbocycles. The molecule has 0 bridgehead atoms. The number of benzene rings is 9. The third kappa shape index (κ3) is 7.96. The Hall–Kier alpha value is -7.59. The van der Waals surface area contributed by atoms with Crippen LogP contribution < -0.4 is 53.2 Å². The molecule has 2 nitrogen and oxygen atoms in total. The minimum atomic E-state index is -3.04. The first-order chi connectivity index (χ1) is 37.9. The van der Waals surface area contributed by atoms with Crippen molar-refractivity contribution in [1.82, 2.24) is 4.57 Å². The number of aryl methyl sites for hydroxylation is 6. The second-order valence-electron chi connectivity index (χ2n) is 25.5. The number of hydrogen-bond acceptors (Lipinski definition) is 1. The summed E-state index contributed by atoms with van der Waals surface area (Å²) in [5, 5.41) is 8.21. The quantitative estimate of drug-likeness (QED) is 0.114. The molecular weight excluding hydrogens is 967 g/mol. The van der Waals surface area contributed by atoms with Crippen LogP contribution in [0.15, 0.2) is 199 Å². The van der Waals surface area contributed by atoms with Gasteiger partial charge in [-0.3, -0.25) is 0 Å². The number of anilines is 3. The van der Waals surface area contributed by atoms with Crippen LogP contribution in [-0.4, -0.2) is 26.1 Å². The highest BCUT2D eigenvalue weighted by atomic mass is 28.3. The van der Waals surface area contributed by atoms with Gasteiger partial charge >= 0.3 is 0 Å². The lowest BCUT2D eigenvalue weighted by molar-refractivity contribution is 0.590. The Balaban J connectivity index is 1.25. The van der Waals surface area contributed by atoms with E-state index in [1.165, 1.54) is 143 Å². The molecule has 388 valence electrons. The molecule has 0 radical (unpaired) electrons. The average Bonchev–Trinajstić information content (AvgIpc) is 3.98. The molecule has 10 aromatic rings. The van der Waals surface area contributed by atoms with Crippen LogP contribution in [0.5, 0.6) is 0 Å². The van der Waals surface area contributed by atoms with Gasteiger partial charge in [-0.05, 0) is 149 Å². The summed E-state index contributed by atoms with van der Waals surface area (Å²) in [6.07, 6.45) is 9.57. The van der Waals surface area contributed by atoms with Crippen LogP contribution in [-0.2, 0) is 10.8 Å². The van der Waals surface area contributed by atoms with Gasteiger partial charge in [0, 0.05) is 33.5 Å². The highest BCUT2D eigenvalue weighted by Gasteiger charge is 2.48. The van der Waals surface area contributed by atoms with E-state index >= 15 is 0 Å². The number of para-hydroxylation sites is 2. The van der Waals surface area contributed by atoms with Gasteiger partial charge in [0.2, 0.25) is 13.4 Å². The van der Waals surface area contributed by atoms with Crippen molar-refractivity contribution in [3.8, 4) is 5.69 Å². The molecule has 0 atom stereocenters. The van der Waals surface area contributed by atoms with Crippen LogP contribution in [0.2, 0.25) is 0 Å². The molecule has 2 aliphatic heterocycles. The van der Waals surface area contributed by atoms with E-state index in [0.717, 1.165) is 12.8 Å². The lowest BCUT2D eigenvalue weighted by Crippen LogP contribution is -2.69. The zero-order chi connectivity index (χ0) is 54.9. The van der Waals surface area contributed by atoms with Crippen molar-refractivity contribution in [3.63, 3.8) is 0 Å². The smallest absolute Gasteiger partial charge is 0.247 e. The molecule has 0 saturated heterocycles. The normalized spacial score (nSPS) is 14.2. The fourth-order valence-corrected chi connectivity index (χ4v) is 19.9. The zero-order valence-corrected chi connectivity index (χ0v) is 49.4. The monoisotopic (exact) mass is 1040 g/mol. The molecule has 79 heavy (non-hydrogen) atoms. The predicted octanol–water partition coefficient (Wildman–Crippen LogP) is 12.6. The van der Waals surface area contributed by atoms with Gasteiger partial charge in [0.1, 0.15) is 0 Å². The summed E-state index contributed by atoms with van der Waals surface area (Å²) in [5.41, 5.74) is 26.4. The molecule has 0 unspecified atom stereocenters. The van der Waals surface area contributed by atoms with Crippen molar-refractivity contribution < 1.29 is 0 Å². The van der Waals surface area contributed by atoms with Crippen molar-refractivity contribution in [2.24, 2.45) is 0 Å². The summed E-state index contributed by atoms with van der Waals surface area (Å²) < 4.78 is 2.72. The van der Waals surface area contributed by atoms with Crippen LogP contribution in [0.1, 0.15) is 98.9 Å². The Morgan fingerprint density at radius 2 is 0.937 bits per heavy atom. The summed E-state index contributed by atoms with van der Waals surface area (Å²) in [7, 11) is -3.04. The van der Waals surface area contributed by atoms with Gasteiger partial charge in [0.15, 0.2) is 8.07 Å². The molecule has 5 heteroatoms. The maximum atomic E-state index is 2.72. The predicted molar refractivity (Wildman–Crippen MR) is 347 cm³/mol. The van der Waals surface area contributed by atoms with Gasteiger partial charge in [-0.2, -0.15) is 0 Å². The Morgan fingerprint density at radius 1 is 0.456 bits per heavy atom. The molecule has 0 N–H and O–H groups in total. The van der Waals surface area contributed by atoms with Gasteiger partial charge in [-0.15, -0.1) is 0 Å². The van der Waals surface area contributed by atoms with Crippen LogP contribution in [0, 0.1) is 41.5 Å². The van der Waals surface area contributed by atoms with Crippen molar-refractivity contribution in [2.75, 3.05) is 4.90 Å². The fourth-order valence-electron chi connectivity index (χ4n) is 14.8. The van der Waals surface area contributed by atoms with Crippen LogP contribution in [0.3, 0.4) is 0 Å². The van der Waals surface area contributed by atoms with E-state index in [4.69, 9.17) is 0 Å². The topological polar surface area (TPSA) is 8.17 Å². The average molecular weight is 1040 g/mol. The van der Waals surface area contributed by atoms with Gasteiger partial charge in [-0.25, -0.2) is 0 Å². The zero-order valence-electron chi connectivity index (χ0n) is 48.4. The highest BCUT2D eigenvalue weighted by Crippen LogP contribution is 2.42. The lowest BCUT2D eigenvalue weighted by Gasteiger charge is -2.45. The Labute approximate surface area is 471 Å². The van der Waals surface area contributed by atoms with Crippen molar-refractivity contribution >= 4 is 109 Å². The summed E-state index contributed by atoms with van der Waals surface area (Å²) in [5.74, 6) is 0. The molecule has 1 aliphatic carbocycles. The Bertz CT molecular complexity index is 3950. The lowest BCUT2D eigenvalue weighted by atomic mass is 9.29.